The number of aromatic nitrogens is 1. The Morgan fingerprint density at radius 1 is 1.31 bits per heavy atom. The molecule has 3 nitrogen and oxygen atoms in total. The average molecular weight is 219 g/mol. The number of hydrogen-bond donors (Lipinski definition) is 3. The van der Waals surface area contributed by atoms with Crippen LogP contribution < -0.4 is 0 Å². The fourth-order valence-electron chi connectivity index (χ4n) is 1.76. The molecule has 1 atom stereocenters. The van der Waals surface area contributed by atoms with Gasteiger partial charge in [-0.1, -0.05) is 18.2 Å². The first kappa shape index (κ1) is 11.2. The Hall–Kier alpha value is -1.32. The summed E-state index contributed by atoms with van der Waals surface area (Å²) in [5.41, 5.74) is 1.02. The summed E-state index contributed by atoms with van der Waals surface area (Å²) < 4.78 is 0. The lowest BCUT2D eigenvalue weighted by Crippen LogP contribution is -2.37. The van der Waals surface area contributed by atoms with Crippen molar-refractivity contribution in [2.75, 3.05) is 0 Å². The molecule has 0 saturated carbocycles. The van der Waals surface area contributed by atoms with Crippen molar-refractivity contribution < 1.29 is 10.2 Å². The van der Waals surface area contributed by atoms with Gasteiger partial charge < -0.3 is 15.2 Å². The molecule has 2 aromatic rings. The van der Waals surface area contributed by atoms with Gasteiger partial charge in [0.25, 0.3) is 0 Å². The number of hydrogen-bond acceptors (Lipinski definition) is 2. The number of benzene rings is 1. The normalized spacial score (nSPS) is 14.2. The van der Waals surface area contributed by atoms with E-state index in [1.54, 1.807) is 13.8 Å². The number of para-hydroxylation sites is 1. The summed E-state index contributed by atoms with van der Waals surface area (Å²) in [5, 5.41) is 20.7. The monoisotopic (exact) mass is 219 g/mol. The maximum atomic E-state index is 9.85. The molecule has 1 aromatic heterocycles. The van der Waals surface area contributed by atoms with Gasteiger partial charge in [0.05, 0.1) is 11.7 Å². The summed E-state index contributed by atoms with van der Waals surface area (Å²) >= 11 is 0. The van der Waals surface area contributed by atoms with E-state index < -0.39 is 11.7 Å². The quantitative estimate of drug-likeness (QED) is 0.737. The molecule has 0 spiro atoms. The molecule has 1 aromatic carbocycles. The van der Waals surface area contributed by atoms with Crippen molar-refractivity contribution in [3.8, 4) is 0 Å². The van der Waals surface area contributed by atoms with Crippen LogP contribution in [0.25, 0.3) is 10.9 Å². The van der Waals surface area contributed by atoms with Crippen LogP contribution in [-0.2, 0) is 6.42 Å². The molecule has 0 unspecified atom stereocenters. The maximum Gasteiger partial charge on any atom is 0.0862 e. The van der Waals surface area contributed by atoms with E-state index in [0.717, 1.165) is 16.5 Å². The molecule has 0 saturated heterocycles. The van der Waals surface area contributed by atoms with Gasteiger partial charge in [0.15, 0.2) is 0 Å². The van der Waals surface area contributed by atoms with Crippen molar-refractivity contribution in [2.24, 2.45) is 0 Å². The largest absolute Gasteiger partial charge is 0.390 e. The van der Waals surface area contributed by atoms with Crippen LogP contribution in [0, 0.1) is 0 Å². The SMILES string of the molecule is CC(C)(O)[C@@H](O)Cc1c[nH]c2ccccc12. The Bertz CT molecular complexity index is 482. The number of nitrogens with one attached hydrogen (secondary N) is 1. The van der Waals surface area contributed by atoms with E-state index in [9.17, 15) is 10.2 Å². The third-order valence-electron chi connectivity index (χ3n) is 2.90. The zero-order valence-corrected chi connectivity index (χ0v) is 9.57. The first-order chi connectivity index (χ1) is 7.48. The minimum absolute atomic E-state index is 0.452. The van der Waals surface area contributed by atoms with Gasteiger partial charge in [-0.15, -0.1) is 0 Å². The molecule has 0 aliphatic heterocycles. The number of H-pyrrole nitrogens is 1. The maximum absolute atomic E-state index is 9.85. The van der Waals surface area contributed by atoms with Gasteiger partial charge >= 0.3 is 0 Å². The van der Waals surface area contributed by atoms with Crippen LogP contribution in [0.3, 0.4) is 0 Å². The second kappa shape index (κ2) is 3.92. The van der Waals surface area contributed by atoms with Crippen LogP contribution >= 0.6 is 0 Å². The smallest absolute Gasteiger partial charge is 0.0862 e. The van der Waals surface area contributed by atoms with E-state index in [2.05, 4.69) is 4.98 Å². The molecular formula is C13H17NO2. The predicted octanol–water partition coefficient (Wildman–Crippen LogP) is 1.84. The molecule has 0 aliphatic carbocycles. The molecule has 3 heteroatoms. The van der Waals surface area contributed by atoms with Crippen molar-refractivity contribution in [1.82, 2.24) is 4.98 Å². The molecule has 0 aliphatic rings. The third-order valence-corrected chi connectivity index (χ3v) is 2.90. The topological polar surface area (TPSA) is 56.2 Å². The van der Waals surface area contributed by atoms with Gasteiger partial charge in [0.1, 0.15) is 0 Å². The van der Waals surface area contributed by atoms with Gasteiger partial charge in [-0.3, -0.25) is 0 Å². The molecule has 16 heavy (non-hydrogen) atoms. The van der Waals surface area contributed by atoms with Crippen LogP contribution in [0.15, 0.2) is 30.5 Å². The van der Waals surface area contributed by atoms with Crippen molar-refractivity contribution in [1.29, 1.82) is 0 Å². The molecule has 0 fully saturated rings. The summed E-state index contributed by atoms with van der Waals surface area (Å²) in [4.78, 5) is 3.15. The predicted molar refractivity (Wildman–Crippen MR) is 64.3 cm³/mol. The van der Waals surface area contributed by atoms with Gasteiger partial charge in [0, 0.05) is 23.5 Å². The molecule has 1 heterocycles. The van der Waals surface area contributed by atoms with Crippen LogP contribution in [0.1, 0.15) is 19.4 Å². The highest BCUT2D eigenvalue weighted by Crippen LogP contribution is 2.21. The number of fused-ring (bicyclic) bond motifs is 1. The van der Waals surface area contributed by atoms with Crippen LogP contribution in [0.2, 0.25) is 0 Å². The zero-order valence-electron chi connectivity index (χ0n) is 9.57. The molecule has 86 valence electrons. The number of rotatable bonds is 3. The first-order valence-corrected chi connectivity index (χ1v) is 5.44. The summed E-state index contributed by atoms with van der Waals surface area (Å²) in [7, 11) is 0. The second-order valence-electron chi connectivity index (χ2n) is 4.73. The Balaban J connectivity index is 2.28. The van der Waals surface area contributed by atoms with Crippen LogP contribution in [0.5, 0.6) is 0 Å². The minimum Gasteiger partial charge on any atom is -0.390 e. The molecule has 2 rings (SSSR count). The fraction of sp³-hybridized carbons (Fsp3) is 0.385. The highest BCUT2D eigenvalue weighted by atomic mass is 16.3. The highest BCUT2D eigenvalue weighted by molar-refractivity contribution is 5.83. The number of aromatic amines is 1. The Morgan fingerprint density at radius 2 is 2.00 bits per heavy atom. The Kier molecular flexibility index (Phi) is 2.74. The lowest BCUT2D eigenvalue weighted by atomic mass is 9.95. The van der Waals surface area contributed by atoms with Gasteiger partial charge in [0.2, 0.25) is 0 Å². The van der Waals surface area contributed by atoms with Gasteiger partial charge in [-0.25, -0.2) is 0 Å². The summed E-state index contributed by atoms with van der Waals surface area (Å²) in [6, 6.07) is 7.94. The summed E-state index contributed by atoms with van der Waals surface area (Å²) in [5.74, 6) is 0. The number of aliphatic hydroxyl groups is 2. The minimum atomic E-state index is -1.07. The Morgan fingerprint density at radius 3 is 2.69 bits per heavy atom. The van der Waals surface area contributed by atoms with E-state index in [-0.39, 0.29) is 0 Å². The zero-order chi connectivity index (χ0) is 11.8. The highest BCUT2D eigenvalue weighted by Gasteiger charge is 2.25. The lowest BCUT2D eigenvalue weighted by molar-refractivity contribution is -0.0468. The van der Waals surface area contributed by atoms with E-state index in [4.69, 9.17) is 0 Å². The fourth-order valence-corrected chi connectivity index (χ4v) is 1.76. The van der Waals surface area contributed by atoms with E-state index in [1.165, 1.54) is 0 Å². The van der Waals surface area contributed by atoms with E-state index in [0.29, 0.717) is 6.42 Å². The molecule has 0 radical (unpaired) electrons. The van der Waals surface area contributed by atoms with Gasteiger partial charge in [-0.2, -0.15) is 0 Å². The molecule has 0 bridgehead atoms. The molecular weight excluding hydrogens is 202 g/mol. The molecule has 0 amide bonds. The van der Waals surface area contributed by atoms with Crippen LogP contribution in [-0.4, -0.2) is 26.9 Å². The molecule has 3 N–H and O–H groups in total. The van der Waals surface area contributed by atoms with E-state index in [1.807, 2.05) is 30.5 Å². The Labute approximate surface area is 94.7 Å². The van der Waals surface area contributed by atoms with Gasteiger partial charge in [-0.05, 0) is 25.5 Å². The summed E-state index contributed by atoms with van der Waals surface area (Å²) in [6.45, 7) is 3.24. The van der Waals surface area contributed by atoms with Crippen molar-refractivity contribution in [2.45, 2.75) is 32.0 Å². The van der Waals surface area contributed by atoms with E-state index >= 15 is 0 Å². The second-order valence-corrected chi connectivity index (χ2v) is 4.73. The van der Waals surface area contributed by atoms with Crippen molar-refractivity contribution in [3.63, 3.8) is 0 Å². The number of aliphatic hydroxyl groups excluding tert-OH is 1. The first-order valence-electron chi connectivity index (χ1n) is 5.44. The average Bonchev–Trinajstić information content (AvgIpc) is 2.61. The standard InChI is InChI=1S/C13H17NO2/c1-13(2,16)12(15)7-9-8-14-11-6-4-3-5-10(9)11/h3-6,8,12,14-16H,7H2,1-2H3/t12-/m0/s1. The summed E-state index contributed by atoms with van der Waals surface area (Å²) in [6.07, 6.45) is 1.58. The lowest BCUT2D eigenvalue weighted by Gasteiger charge is -2.24. The van der Waals surface area contributed by atoms with Crippen molar-refractivity contribution in [3.05, 3.63) is 36.0 Å². The third kappa shape index (κ3) is 2.10. The van der Waals surface area contributed by atoms with Crippen molar-refractivity contribution >= 4 is 10.9 Å². The van der Waals surface area contributed by atoms with Crippen LogP contribution in [0.4, 0.5) is 0 Å².